The molecule has 0 saturated carbocycles. The van der Waals surface area contributed by atoms with E-state index in [9.17, 15) is 4.79 Å². The fraction of sp³-hybridized carbons (Fsp3) is 0.0909. The molecule has 3 aromatic rings. The van der Waals surface area contributed by atoms with E-state index < -0.39 is 5.54 Å². The van der Waals surface area contributed by atoms with E-state index in [2.05, 4.69) is 5.32 Å². The topological polar surface area (TPSA) is 82.2 Å². The van der Waals surface area contributed by atoms with Gasteiger partial charge >= 0.3 is 0 Å². The van der Waals surface area contributed by atoms with Crippen molar-refractivity contribution in [3.63, 3.8) is 0 Å². The summed E-state index contributed by atoms with van der Waals surface area (Å²) in [6.45, 7) is 0.312. The zero-order valence-electron chi connectivity index (χ0n) is 14.7. The number of carbonyl (C=O) groups excluding carboxylic acids is 1. The maximum Gasteiger partial charge on any atom is 0.264 e. The Balaban J connectivity index is 1.78. The minimum Gasteiger partial charge on any atom is -0.399 e. The second-order valence-corrected chi connectivity index (χ2v) is 6.59. The van der Waals surface area contributed by atoms with E-state index in [1.807, 2.05) is 72.8 Å². The second-order valence-electron chi connectivity index (χ2n) is 6.59. The SMILES string of the molecule is N=C1NC(c2ccccc2)(c2ccccc2)C(=O)N1Cc1ccc(N)cc1. The first-order valence-corrected chi connectivity index (χ1v) is 8.75. The Hall–Kier alpha value is -3.60. The first kappa shape index (κ1) is 16.8. The van der Waals surface area contributed by atoms with Gasteiger partial charge in [0.05, 0.1) is 6.54 Å². The van der Waals surface area contributed by atoms with Crippen molar-refractivity contribution in [1.82, 2.24) is 10.2 Å². The van der Waals surface area contributed by atoms with E-state index >= 15 is 0 Å². The highest BCUT2D eigenvalue weighted by Crippen LogP contribution is 2.36. The Bertz CT molecular complexity index is 929. The van der Waals surface area contributed by atoms with E-state index in [0.717, 1.165) is 16.7 Å². The predicted molar refractivity (Wildman–Crippen MR) is 106 cm³/mol. The number of guanidine groups is 1. The van der Waals surface area contributed by atoms with E-state index in [0.29, 0.717) is 12.2 Å². The molecule has 0 atom stereocenters. The molecule has 134 valence electrons. The lowest BCUT2D eigenvalue weighted by molar-refractivity contribution is -0.130. The third-order valence-corrected chi connectivity index (χ3v) is 4.88. The third kappa shape index (κ3) is 2.83. The van der Waals surface area contributed by atoms with Crippen molar-refractivity contribution in [2.75, 3.05) is 5.73 Å². The van der Waals surface area contributed by atoms with Crippen molar-refractivity contribution in [1.29, 1.82) is 5.41 Å². The van der Waals surface area contributed by atoms with Crippen LogP contribution in [0.1, 0.15) is 16.7 Å². The number of anilines is 1. The van der Waals surface area contributed by atoms with Gasteiger partial charge in [0, 0.05) is 5.69 Å². The molecule has 3 aromatic carbocycles. The minimum absolute atomic E-state index is 0.0875. The van der Waals surface area contributed by atoms with Crippen molar-refractivity contribution in [3.05, 3.63) is 102 Å². The molecule has 5 heteroatoms. The Morgan fingerprint density at radius 1 is 0.852 bits per heavy atom. The van der Waals surface area contributed by atoms with Gasteiger partial charge in [-0.1, -0.05) is 72.8 Å². The number of hydrogen-bond donors (Lipinski definition) is 3. The number of benzene rings is 3. The van der Waals surface area contributed by atoms with Crippen LogP contribution in [0.3, 0.4) is 0 Å². The standard InChI is InChI=1S/C22H20N4O/c23-19-13-11-16(12-14-19)15-26-20(27)22(25-21(26)24,17-7-3-1-4-8-17)18-9-5-2-6-10-18/h1-14H,15,23H2,(H2,24,25). The van der Waals surface area contributed by atoms with Crippen LogP contribution in [0, 0.1) is 5.41 Å². The first-order chi connectivity index (χ1) is 13.1. The van der Waals surface area contributed by atoms with E-state index in [4.69, 9.17) is 11.1 Å². The molecule has 4 N–H and O–H groups in total. The van der Waals surface area contributed by atoms with Crippen molar-refractivity contribution in [3.8, 4) is 0 Å². The van der Waals surface area contributed by atoms with E-state index in [1.165, 1.54) is 4.90 Å². The quantitative estimate of drug-likeness (QED) is 0.628. The van der Waals surface area contributed by atoms with Gasteiger partial charge in [-0.25, -0.2) is 0 Å². The maximum absolute atomic E-state index is 13.6. The molecule has 1 aliphatic heterocycles. The molecule has 4 rings (SSSR count). The van der Waals surface area contributed by atoms with Crippen LogP contribution in [0.15, 0.2) is 84.9 Å². The monoisotopic (exact) mass is 356 g/mol. The summed E-state index contributed by atoms with van der Waals surface area (Å²) in [4.78, 5) is 15.1. The van der Waals surface area contributed by atoms with Crippen LogP contribution in [0.2, 0.25) is 0 Å². The number of hydrogen-bond acceptors (Lipinski definition) is 3. The number of nitrogens with two attached hydrogens (primary N) is 1. The first-order valence-electron chi connectivity index (χ1n) is 8.75. The molecular formula is C22H20N4O. The molecule has 1 fully saturated rings. The highest BCUT2D eigenvalue weighted by molar-refractivity contribution is 6.10. The molecule has 5 nitrogen and oxygen atoms in total. The number of carbonyl (C=O) groups is 1. The molecule has 1 saturated heterocycles. The molecule has 0 bridgehead atoms. The lowest BCUT2D eigenvalue weighted by atomic mass is 9.82. The minimum atomic E-state index is -1.10. The highest BCUT2D eigenvalue weighted by Gasteiger charge is 2.51. The van der Waals surface area contributed by atoms with Crippen LogP contribution in [-0.4, -0.2) is 16.8 Å². The van der Waals surface area contributed by atoms with E-state index in [1.54, 1.807) is 12.1 Å². The van der Waals surface area contributed by atoms with Crippen LogP contribution < -0.4 is 11.1 Å². The molecule has 1 amide bonds. The van der Waals surface area contributed by atoms with Crippen molar-refractivity contribution in [2.24, 2.45) is 0 Å². The summed E-state index contributed by atoms with van der Waals surface area (Å²) in [7, 11) is 0. The number of nitrogen functional groups attached to an aromatic ring is 1. The van der Waals surface area contributed by atoms with Gasteiger partial charge in [-0.15, -0.1) is 0 Å². The fourth-order valence-corrected chi connectivity index (χ4v) is 3.49. The molecule has 1 aliphatic rings. The van der Waals surface area contributed by atoms with Gasteiger partial charge in [-0.05, 0) is 28.8 Å². The Labute approximate surface area is 157 Å². The molecule has 0 aliphatic carbocycles. The average Bonchev–Trinajstić information content (AvgIpc) is 2.96. The normalized spacial score (nSPS) is 15.6. The van der Waals surface area contributed by atoms with Crippen molar-refractivity contribution in [2.45, 2.75) is 12.1 Å². The zero-order chi connectivity index (χ0) is 18.9. The van der Waals surface area contributed by atoms with Crippen LogP contribution in [0.25, 0.3) is 0 Å². The summed E-state index contributed by atoms with van der Waals surface area (Å²) >= 11 is 0. The molecule has 0 aromatic heterocycles. The summed E-state index contributed by atoms with van der Waals surface area (Å²) in [5.74, 6) is -0.0775. The smallest absolute Gasteiger partial charge is 0.264 e. The van der Waals surface area contributed by atoms with Crippen LogP contribution in [0.5, 0.6) is 0 Å². The summed E-state index contributed by atoms with van der Waals surface area (Å²) < 4.78 is 0. The van der Waals surface area contributed by atoms with Crippen molar-refractivity contribution >= 4 is 17.6 Å². The van der Waals surface area contributed by atoms with Gasteiger partial charge in [0.1, 0.15) is 0 Å². The number of amides is 1. The molecular weight excluding hydrogens is 336 g/mol. The summed E-state index contributed by atoms with van der Waals surface area (Å²) in [5.41, 5.74) is 7.85. The van der Waals surface area contributed by atoms with Gasteiger partial charge in [0.25, 0.3) is 5.91 Å². The van der Waals surface area contributed by atoms with Crippen LogP contribution >= 0.6 is 0 Å². The van der Waals surface area contributed by atoms with E-state index in [-0.39, 0.29) is 11.9 Å². The van der Waals surface area contributed by atoms with Crippen LogP contribution in [0.4, 0.5) is 5.69 Å². The number of nitrogens with one attached hydrogen (secondary N) is 2. The Morgan fingerprint density at radius 3 is 1.89 bits per heavy atom. The van der Waals surface area contributed by atoms with Gasteiger partial charge < -0.3 is 11.1 Å². The summed E-state index contributed by atoms with van der Waals surface area (Å²) in [6, 6.07) is 26.5. The Morgan fingerprint density at radius 2 is 1.37 bits per heavy atom. The van der Waals surface area contributed by atoms with Gasteiger partial charge in [0.2, 0.25) is 0 Å². The maximum atomic E-state index is 13.6. The predicted octanol–water partition coefficient (Wildman–Crippen LogP) is 3.08. The van der Waals surface area contributed by atoms with Crippen molar-refractivity contribution < 1.29 is 4.79 Å². The number of nitrogens with zero attached hydrogens (tertiary/aromatic N) is 1. The third-order valence-electron chi connectivity index (χ3n) is 4.88. The lowest BCUT2D eigenvalue weighted by Crippen LogP contribution is -2.45. The van der Waals surface area contributed by atoms with Crippen LogP contribution in [-0.2, 0) is 16.9 Å². The lowest BCUT2D eigenvalue weighted by Gasteiger charge is -2.28. The second kappa shape index (κ2) is 6.61. The molecule has 1 heterocycles. The highest BCUT2D eigenvalue weighted by atomic mass is 16.2. The fourth-order valence-electron chi connectivity index (χ4n) is 3.49. The van der Waals surface area contributed by atoms with Gasteiger partial charge in [0.15, 0.2) is 11.5 Å². The average molecular weight is 356 g/mol. The molecule has 27 heavy (non-hydrogen) atoms. The molecule has 0 spiro atoms. The Kier molecular flexibility index (Phi) is 4.12. The molecule has 0 unspecified atom stereocenters. The van der Waals surface area contributed by atoms with Gasteiger partial charge in [-0.3, -0.25) is 15.1 Å². The zero-order valence-corrected chi connectivity index (χ0v) is 14.7. The largest absolute Gasteiger partial charge is 0.399 e. The number of rotatable bonds is 4. The molecule has 0 radical (unpaired) electrons. The summed E-state index contributed by atoms with van der Waals surface area (Å²) in [5, 5.41) is 11.6. The van der Waals surface area contributed by atoms with Gasteiger partial charge in [-0.2, -0.15) is 0 Å². The summed E-state index contributed by atoms with van der Waals surface area (Å²) in [6.07, 6.45) is 0.